The van der Waals surface area contributed by atoms with E-state index in [2.05, 4.69) is 19.2 Å². The van der Waals surface area contributed by atoms with Crippen LogP contribution in [0.4, 0.5) is 0 Å². The molecule has 2 saturated heterocycles. The largest absolute Gasteiger partial charge is 0.334 e. The molecular formula is C17H23ClN2O. The Morgan fingerprint density at radius 3 is 2.67 bits per heavy atom. The molecule has 2 unspecified atom stereocenters. The Balaban J connectivity index is 1.93. The van der Waals surface area contributed by atoms with Crippen molar-refractivity contribution >= 4 is 17.5 Å². The zero-order chi connectivity index (χ0) is 15.0. The van der Waals surface area contributed by atoms with Gasteiger partial charge in [0.15, 0.2) is 0 Å². The molecule has 2 fully saturated rings. The normalized spacial score (nSPS) is 27.0. The van der Waals surface area contributed by atoms with E-state index in [1.165, 1.54) is 0 Å². The first-order valence-electron chi connectivity index (χ1n) is 7.86. The van der Waals surface area contributed by atoms with Crippen LogP contribution in [0.3, 0.4) is 0 Å². The van der Waals surface area contributed by atoms with Crippen molar-refractivity contribution < 1.29 is 4.79 Å². The van der Waals surface area contributed by atoms with Crippen LogP contribution in [-0.2, 0) is 4.79 Å². The number of hydrogen-bond acceptors (Lipinski definition) is 2. The smallest absolute Gasteiger partial charge is 0.243 e. The lowest BCUT2D eigenvalue weighted by molar-refractivity contribution is -0.135. The lowest BCUT2D eigenvalue weighted by Gasteiger charge is -2.33. The first-order chi connectivity index (χ1) is 10.1. The van der Waals surface area contributed by atoms with E-state index in [1.54, 1.807) is 0 Å². The summed E-state index contributed by atoms with van der Waals surface area (Å²) in [5.41, 5.74) is 0.770. The molecule has 0 bridgehead atoms. The van der Waals surface area contributed by atoms with Crippen molar-refractivity contribution in [1.29, 1.82) is 0 Å². The number of rotatable bonds is 3. The average molecular weight is 307 g/mol. The predicted molar refractivity (Wildman–Crippen MR) is 85.3 cm³/mol. The number of carbonyl (C=O) groups excluding carboxylic acids is 1. The number of nitrogens with zero attached hydrogens (tertiary/aromatic N) is 1. The fourth-order valence-electron chi connectivity index (χ4n) is 3.86. The molecule has 1 aromatic rings. The quantitative estimate of drug-likeness (QED) is 0.928. The van der Waals surface area contributed by atoms with E-state index in [1.807, 2.05) is 29.2 Å². The molecular weight excluding hydrogens is 284 g/mol. The van der Waals surface area contributed by atoms with Crippen molar-refractivity contribution in [3.63, 3.8) is 0 Å². The second-order valence-corrected chi connectivity index (χ2v) is 6.98. The summed E-state index contributed by atoms with van der Waals surface area (Å²) in [6.45, 7) is 6.10. The Hall–Kier alpha value is -1.06. The fraction of sp³-hybridized carbons (Fsp3) is 0.588. The fourth-order valence-corrected chi connectivity index (χ4v) is 4.11. The molecule has 0 saturated carbocycles. The van der Waals surface area contributed by atoms with Crippen LogP contribution in [0.2, 0.25) is 5.02 Å². The molecule has 114 valence electrons. The van der Waals surface area contributed by atoms with Gasteiger partial charge in [-0.15, -0.1) is 0 Å². The summed E-state index contributed by atoms with van der Waals surface area (Å²) in [7, 11) is 0. The third-order valence-electron chi connectivity index (χ3n) is 4.88. The molecule has 2 aliphatic heterocycles. The lowest BCUT2D eigenvalue weighted by atomic mass is 9.93. The molecule has 0 aromatic heterocycles. The van der Waals surface area contributed by atoms with Gasteiger partial charge in [-0.3, -0.25) is 4.79 Å². The standard InChI is InChI=1S/C17H23ClN2O/c1-12(2)15(13-6-3-4-7-14(13)18)20-11-9-17(16(20)21)8-5-10-19-17/h3-4,6-7,12,15,19H,5,8-11H2,1-2H3. The van der Waals surface area contributed by atoms with Crippen LogP contribution in [0.5, 0.6) is 0 Å². The number of hydrogen-bond donors (Lipinski definition) is 1. The molecule has 0 radical (unpaired) electrons. The minimum atomic E-state index is -0.297. The van der Waals surface area contributed by atoms with Crippen LogP contribution in [0.15, 0.2) is 24.3 Å². The highest BCUT2D eigenvalue weighted by Crippen LogP contribution is 2.40. The molecule has 3 nitrogen and oxygen atoms in total. The molecule has 1 N–H and O–H groups in total. The topological polar surface area (TPSA) is 32.3 Å². The van der Waals surface area contributed by atoms with E-state index in [-0.39, 0.29) is 17.5 Å². The van der Waals surface area contributed by atoms with Gasteiger partial charge in [-0.25, -0.2) is 0 Å². The molecule has 2 aliphatic rings. The van der Waals surface area contributed by atoms with Crippen LogP contribution in [0.1, 0.15) is 44.7 Å². The summed E-state index contributed by atoms with van der Waals surface area (Å²) >= 11 is 6.39. The predicted octanol–water partition coefficient (Wildman–Crippen LogP) is 3.39. The van der Waals surface area contributed by atoms with Gasteiger partial charge in [-0.2, -0.15) is 0 Å². The van der Waals surface area contributed by atoms with Gasteiger partial charge in [0.2, 0.25) is 5.91 Å². The maximum absolute atomic E-state index is 13.0. The van der Waals surface area contributed by atoms with E-state index in [9.17, 15) is 4.79 Å². The van der Waals surface area contributed by atoms with Crippen molar-refractivity contribution in [2.45, 2.75) is 44.7 Å². The Bertz CT molecular complexity index is 537. The summed E-state index contributed by atoms with van der Waals surface area (Å²) < 4.78 is 0. The highest BCUT2D eigenvalue weighted by atomic mass is 35.5. The van der Waals surface area contributed by atoms with Gasteiger partial charge >= 0.3 is 0 Å². The lowest BCUT2D eigenvalue weighted by Crippen LogP contribution is -2.48. The molecule has 3 rings (SSSR count). The summed E-state index contributed by atoms with van der Waals surface area (Å²) in [6, 6.07) is 7.97. The highest BCUT2D eigenvalue weighted by Gasteiger charge is 2.50. The van der Waals surface area contributed by atoms with E-state index in [4.69, 9.17) is 11.6 Å². The zero-order valence-electron chi connectivity index (χ0n) is 12.7. The maximum Gasteiger partial charge on any atom is 0.243 e. The van der Waals surface area contributed by atoms with Crippen LogP contribution in [0.25, 0.3) is 0 Å². The Labute approximate surface area is 131 Å². The molecule has 0 aliphatic carbocycles. The third-order valence-corrected chi connectivity index (χ3v) is 5.23. The van der Waals surface area contributed by atoms with E-state index in [0.717, 1.165) is 42.9 Å². The molecule has 4 heteroatoms. The van der Waals surface area contributed by atoms with Crippen LogP contribution >= 0.6 is 11.6 Å². The van der Waals surface area contributed by atoms with Crippen molar-refractivity contribution in [2.24, 2.45) is 5.92 Å². The van der Waals surface area contributed by atoms with Crippen molar-refractivity contribution in [1.82, 2.24) is 10.2 Å². The molecule has 2 heterocycles. The van der Waals surface area contributed by atoms with Gasteiger partial charge in [0.25, 0.3) is 0 Å². The Morgan fingerprint density at radius 1 is 1.29 bits per heavy atom. The maximum atomic E-state index is 13.0. The molecule has 1 spiro atoms. The number of amides is 1. The minimum absolute atomic E-state index is 0.0629. The Kier molecular flexibility index (Phi) is 3.98. The van der Waals surface area contributed by atoms with Crippen LogP contribution in [0, 0.1) is 5.92 Å². The molecule has 2 atom stereocenters. The number of benzene rings is 1. The number of nitrogens with one attached hydrogen (secondary N) is 1. The van der Waals surface area contributed by atoms with Crippen molar-refractivity contribution in [3.05, 3.63) is 34.9 Å². The molecule has 1 aromatic carbocycles. The van der Waals surface area contributed by atoms with Crippen molar-refractivity contribution in [2.75, 3.05) is 13.1 Å². The van der Waals surface area contributed by atoms with E-state index < -0.39 is 0 Å². The summed E-state index contributed by atoms with van der Waals surface area (Å²) in [4.78, 5) is 15.0. The average Bonchev–Trinajstić information content (AvgIpc) is 3.04. The van der Waals surface area contributed by atoms with Crippen LogP contribution < -0.4 is 5.32 Å². The van der Waals surface area contributed by atoms with E-state index >= 15 is 0 Å². The summed E-state index contributed by atoms with van der Waals surface area (Å²) in [5.74, 6) is 0.601. The van der Waals surface area contributed by atoms with Gasteiger partial charge in [0, 0.05) is 11.6 Å². The van der Waals surface area contributed by atoms with E-state index in [0.29, 0.717) is 5.92 Å². The number of likely N-dealkylation sites (tertiary alicyclic amines) is 1. The Morgan fingerprint density at radius 2 is 2.05 bits per heavy atom. The first kappa shape index (κ1) is 14.9. The first-order valence-corrected chi connectivity index (χ1v) is 8.23. The molecule has 1 amide bonds. The van der Waals surface area contributed by atoms with Gasteiger partial charge in [-0.05, 0) is 43.4 Å². The summed E-state index contributed by atoms with van der Waals surface area (Å²) in [5, 5.41) is 4.20. The van der Waals surface area contributed by atoms with Crippen molar-refractivity contribution in [3.8, 4) is 0 Å². The molecule has 21 heavy (non-hydrogen) atoms. The van der Waals surface area contributed by atoms with Gasteiger partial charge in [0.1, 0.15) is 0 Å². The second kappa shape index (κ2) is 5.62. The van der Waals surface area contributed by atoms with Crippen LogP contribution in [-0.4, -0.2) is 29.4 Å². The SMILES string of the molecule is CC(C)C(c1ccccc1Cl)N1CCC2(CCCN2)C1=O. The third kappa shape index (κ3) is 2.47. The number of carbonyl (C=O) groups is 1. The second-order valence-electron chi connectivity index (χ2n) is 6.57. The monoisotopic (exact) mass is 306 g/mol. The zero-order valence-corrected chi connectivity index (χ0v) is 13.5. The van der Waals surface area contributed by atoms with Gasteiger partial charge < -0.3 is 10.2 Å². The van der Waals surface area contributed by atoms with Gasteiger partial charge in [-0.1, -0.05) is 43.6 Å². The van der Waals surface area contributed by atoms with Gasteiger partial charge in [0.05, 0.1) is 11.6 Å². The highest BCUT2D eigenvalue weighted by molar-refractivity contribution is 6.31. The minimum Gasteiger partial charge on any atom is -0.334 e. The number of halogens is 1. The summed E-state index contributed by atoms with van der Waals surface area (Å²) in [6.07, 6.45) is 2.98.